The minimum absolute atomic E-state index is 0.148. The van der Waals surface area contributed by atoms with Gasteiger partial charge in [-0.1, -0.05) is 0 Å². The molecule has 1 aliphatic heterocycles. The minimum atomic E-state index is -0.507. The van der Waals surface area contributed by atoms with Crippen molar-refractivity contribution >= 4 is 28.8 Å². The summed E-state index contributed by atoms with van der Waals surface area (Å²) in [6.07, 6.45) is 3.17. The molecule has 0 saturated carbocycles. The molecule has 8 heteroatoms. The number of hydrogen-bond acceptors (Lipinski definition) is 5. The summed E-state index contributed by atoms with van der Waals surface area (Å²) in [5.41, 5.74) is 2.15. The Morgan fingerprint density at radius 1 is 1.19 bits per heavy atom. The number of carbonyl (C=O) groups is 2. The lowest BCUT2D eigenvalue weighted by Gasteiger charge is -2.34. The Bertz CT molecular complexity index is 1100. The van der Waals surface area contributed by atoms with Gasteiger partial charge in [-0.2, -0.15) is 0 Å². The molecule has 3 heterocycles. The Balaban J connectivity index is 1.41. The van der Waals surface area contributed by atoms with E-state index in [1.807, 2.05) is 43.7 Å². The van der Waals surface area contributed by atoms with Gasteiger partial charge in [0.15, 0.2) is 11.5 Å². The number of aromatic nitrogens is 2. The lowest BCUT2D eigenvalue weighted by molar-refractivity contribution is 0.0187. The molecule has 1 aromatic carbocycles. The number of ether oxygens (including phenoxy) is 1. The van der Waals surface area contributed by atoms with Crippen LogP contribution >= 0.6 is 0 Å². The number of hydrogen-bond donors (Lipinski definition) is 1. The van der Waals surface area contributed by atoms with Crippen LogP contribution in [0.5, 0.6) is 0 Å². The number of fused-ring (bicyclic) bond motifs is 1. The van der Waals surface area contributed by atoms with Crippen LogP contribution in [0.1, 0.15) is 56.0 Å². The Morgan fingerprint density at radius 2 is 1.94 bits per heavy atom. The van der Waals surface area contributed by atoms with Crippen LogP contribution < -0.4 is 5.32 Å². The predicted molar refractivity (Wildman–Crippen MR) is 117 cm³/mol. The van der Waals surface area contributed by atoms with Gasteiger partial charge in [-0.25, -0.2) is 9.78 Å². The highest BCUT2D eigenvalue weighted by Crippen LogP contribution is 2.26. The van der Waals surface area contributed by atoms with Crippen LogP contribution in [0.15, 0.2) is 40.9 Å². The standard InChI is InChI=1S/C23H28N4O4/c1-15-24-18-14-16(7-8-20(18)30-15)25-21(28)19-6-5-11-27(19)17-9-12-26(13-10-17)22(29)31-23(2,3)4/h5-8,11,14,17H,9-10,12-13H2,1-4H3,(H,25,28). The van der Waals surface area contributed by atoms with Gasteiger partial charge in [-0.05, 0) is 63.9 Å². The van der Waals surface area contributed by atoms with Gasteiger partial charge in [0.1, 0.15) is 16.8 Å². The number of anilines is 1. The number of aryl methyl sites for hydroxylation is 1. The molecule has 4 rings (SSSR count). The highest BCUT2D eigenvalue weighted by molar-refractivity contribution is 6.04. The largest absolute Gasteiger partial charge is 0.444 e. The van der Waals surface area contributed by atoms with Gasteiger partial charge in [0.05, 0.1) is 0 Å². The number of benzene rings is 1. The van der Waals surface area contributed by atoms with Crippen LogP contribution in [0.4, 0.5) is 10.5 Å². The molecule has 0 unspecified atom stereocenters. The molecule has 1 fully saturated rings. The zero-order chi connectivity index (χ0) is 22.2. The summed E-state index contributed by atoms with van der Waals surface area (Å²) < 4.78 is 13.0. The number of piperidine rings is 1. The summed E-state index contributed by atoms with van der Waals surface area (Å²) in [6.45, 7) is 8.58. The maximum atomic E-state index is 12.9. The maximum absolute atomic E-state index is 12.9. The molecule has 2 amide bonds. The normalized spacial score (nSPS) is 15.3. The molecule has 0 spiro atoms. The number of nitrogens with one attached hydrogen (secondary N) is 1. The van der Waals surface area contributed by atoms with Gasteiger partial charge >= 0.3 is 6.09 Å². The van der Waals surface area contributed by atoms with E-state index in [1.165, 1.54) is 0 Å². The zero-order valence-corrected chi connectivity index (χ0v) is 18.3. The van der Waals surface area contributed by atoms with E-state index in [1.54, 1.807) is 30.0 Å². The fourth-order valence-electron chi connectivity index (χ4n) is 3.87. The topological polar surface area (TPSA) is 89.6 Å². The molecule has 2 aromatic heterocycles. The predicted octanol–water partition coefficient (Wildman–Crippen LogP) is 4.76. The van der Waals surface area contributed by atoms with Crippen molar-refractivity contribution in [2.45, 2.75) is 52.2 Å². The van der Waals surface area contributed by atoms with E-state index in [4.69, 9.17) is 9.15 Å². The third-order valence-corrected chi connectivity index (χ3v) is 5.27. The first-order valence-corrected chi connectivity index (χ1v) is 10.5. The molecule has 0 aliphatic carbocycles. The third kappa shape index (κ3) is 4.73. The van der Waals surface area contributed by atoms with Crippen molar-refractivity contribution < 1.29 is 18.7 Å². The number of amides is 2. The number of nitrogens with zero attached hydrogens (tertiary/aromatic N) is 3. The van der Waals surface area contributed by atoms with Gasteiger partial charge in [0.2, 0.25) is 0 Å². The lowest BCUT2D eigenvalue weighted by Crippen LogP contribution is -2.42. The van der Waals surface area contributed by atoms with Crippen molar-refractivity contribution in [3.8, 4) is 0 Å². The summed E-state index contributed by atoms with van der Waals surface area (Å²) in [5, 5.41) is 2.95. The van der Waals surface area contributed by atoms with Gasteiger partial charge < -0.3 is 23.9 Å². The average Bonchev–Trinajstić information content (AvgIpc) is 3.32. The average molecular weight is 425 g/mol. The zero-order valence-electron chi connectivity index (χ0n) is 18.3. The van der Waals surface area contributed by atoms with Crippen molar-refractivity contribution in [2.75, 3.05) is 18.4 Å². The monoisotopic (exact) mass is 424 g/mol. The van der Waals surface area contributed by atoms with Crippen molar-refractivity contribution in [3.05, 3.63) is 48.1 Å². The van der Waals surface area contributed by atoms with Crippen molar-refractivity contribution in [3.63, 3.8) is 0 Å². The molecule has 0 radical (unpaired) electrons. The van der Waals surface area contributed by atoms with Gasteiger partial charge in [-0.3, -0.25) is 4.79 Å². The Kier molecular flexibility index (Phi) is 5.47. The van der Waals surface area contributed by atoms with Crippen LogP contribution in [0.2, 0.25) is 0 Å². The summed E-state index contributed by atoms with van der Waals surface area (Å²) in [6, 6.07) is 9.24. The van der Waals surface area contributed by atoms with E-state index in [-0.39, 0.29) is 18.0 Å². The van der Waals surface area contributed by atoms with Crippen molar-refractivity contribution in [2.24, 2.45) is 0 Å². The summed E-state index contributed by atoms with van der Waals surface area (Å²) in [4.78, 5) is 31.3. The summed E-state index contributed by atoms with van der Waals surface area (Å²) >= 11 is 0. The van der Waals surface area contributed by atoms with Crippen LogP contribution in [-0.4, -0.2) is 45.1 Å². The van der Waals surface area contributed by atoms with E-state index >= 15 is 0 Å². The molecule has 31 heavy (non-hydrogen) atoms. The highest BCUT2D eigenvalue weighted by Gasteiger charge is 2.28. The second kappa shape index (κ2) is 8.09. The number of carbonyl (C=O) groups excluding carboxylic acids is 2. The molecule has 1 N–H and O–H groups in total. The first-order chi connectivity index (χ1) is 14.7. The smallest absolute Gasteiger partial charge is 0.410 e. The lowest BCUT2D eigenvalue weighted by atomic mass is 10.0. The quantitative estimate of drug-likeness (QED) is 0.655. The number of likely N-dealkylation sites (tertiary alicyclic amines) is 1. The first kappa shape index (κ1) is 21.0. The van der Waals surface area contributed by atoms with E-state index in [2.05, 4.69) is 10.3 Å². The number of oxazole rings is 1. The fourth-order valence-corrected chi connectivity index (χ4v) is 3.87. The molecule has 164 valence electrons. The third-order valence-electron chi connectivity index (χ3n) is 5.27. The van der Waals surface area contributed by atoms with Gasteiger partial charge in [-0.15, -0.1) is 0 Å². The minimum Gasteiger partial charge on any atom is -0.444 e. The molecule has 8 nitrogen and oxygen atoms in total. The van der Waals surface area contributed by atoms with E-state index in [9.17, 15) is 9.59 Å². The molecule has 3 aromatic rings. The molecular weight excluding hydrogens is 396 g/mol. The molecular formula is C23H28N4O4. The molecule has 1 saturated heterocycles. The fraction of sp³-hybridized carbons (Fsp3) is 0.435. The van der Waals surface area contributed by atoms with Crippen LogP contribution in [0, 0.1) is 6.92 Å². The Hall–Kier alpha value is -3.29. The van der Waals surface area contributed by atoms with Crippen molar-refractivity contribution in [1.82, 2.24) is 14.5 Å². The Morgan fingerprint density at radius 3 is 2.65 bits per heavy atom. The van der Waals surface area contributed by atoms with Crippen LogP contribution in [-0.2, 0) is 4.74 Å². The van der Waals surface area contributed by atoms with Crippen LogP contribution in [0.25, 0.3) is 11.1 Å². The summed E-state index contributed by atoms with van der Waals surface area (Å²) in [5.74, 6) is 0.407. The van der Waals surface area contributed by atoms with Crippen LogP contribution in [0.3, 0.4) is 0 Å². The summed E-state index contributed by atoms with van der Waals surface area (Å²) in [7, 11) is 0. The molecule has 0 atom stereocenters. The van der Waals surface area contributed by atoms with E-state index in [0.29, 0.717) is 41.5 Å². The molecule has 1 aliphatic rings. The SMILES string of the molecule is Cc1nc2cc(NC(=O)c3cccn3C3CCN(C(=O)OC(C)(C)C)CC3)ccc2o1. The van der Waals surface area contributed by atoms with E-state index in [0.717, 1.165) is 12.8 Å². The highest BCUT2D eigenvalue weighted by atomic mass is 16.6. The van der Waals surface area contributed by atoms with Gasteiger partial charge in [0.25, 0.3) is 5.91 Å². The van der Waals surface area contributed by atoms with Gasteiger partial charge in [0, 0.05) is 37.9 Å². The molecule has 0 bridgehead atoms. The first-order valence-electron chi connectivity index (χ1n) is 10.5. The second-order valence-corrected chi connectivity index (χ2v) is 8.87. The second-order valence-electron chi connectivity index (χ2n) is 8.87. The number of rotatable bonds is 3. The maximum Gasteiger partial charge on any atom is 0.410 e. The van der Waals surface area contributed by atoms with Crippen molar-refractivity contribution in [1.29, 1.82) is 0 Å². The Labute approximate surface area is 181 Å². The van der Waals surface area contributed by atoms with E-state index < -0.39 is 5.60 Å².